The zero-order chi connectivity index (χ0) is 15.1. The molecule has 1 fully saturated rings. The van der Waals surface area contributed by atoms with Crippen molar-refractivity contribution in [3.63, 3.8) is 0 Å². The van der Waals surface area contributed by atoms with Crippen LogP contribution < -0.4 is 16.0 Å². The molecule has 1 unspecified atom stereocenters. The van der Waals surface area contributed by atoms with Gasteiger partial charge < -0.3 is 10.6 Å². The maximum Gasteiger partial charge on any atom is 0.251 e. The second kappa shape index (κ2) is 5.18. The highest BCUT2D eigenvalue weighted by molar-refractivity contribution is 9.10. The fraction of sp³-hybridized carbons (Fsp3) is 0.429. The molecule has 1 saturated heterocycles. The van der Waals surface area contributed by atoms with Gasteiger partial charge in [-0.15, -0.1) is 0 Å². The van der Waals surface area contributed by atoms with Crippen LogP contribution in [0.1, 0.15) is 32.4 Å². The molecule has 5 nitrogen and oxygen atoms in total. The normalized spacial score (nSPS) is 19.8. The first kappa shape index (κ1) is 15.0. The minimum atomic E-state index is -0.785. The highest BCUT2D eigenvalue weighted by Gasteiger charge is 2.41. The number of rotatable bonds is 2. The summed E-state index contributed by atoms with van der Waals surface area (Å²) in [4.78, 5) is 25.4. The van der Waals surface area contributed by atoms with Crippen LogP contribution in [0.2, 0.25) is 0 Å². The van der Waals surface area contributed by atoms with Crippen LogP contribution in [0.3, 0.4) is 0 Å². The molecule has 2 rings (SSSR count). The molecule has 1 aromatic rings. The second-order valence-electron chi connectivity index (χ2n) is 5.52. The summed E-state index contributed by atoms with van der Waals surface area (Å²) in [5, 5.41) is 2.36. The molecule has 1 atom stereocenters. The van der Waals surface area contributed by atoms with E-state index in [2.05, 4.69) is 21.2 Å². The minimum absolute atomic E-state index is 0.0698. The monoisotopic (exact) mass is 339 g/mol. The molecule has 1 aromatic carbocycles. The van der Waals surface area contributed by atoms with E-state index in [0.717, 1.165) is 15.7 Å². The second-order valence-corrected chi connectivity index (χ2v) is 6.38. The Hall–Kier alpha value is -1.40. The van der Waals surface area contributed by atoms with Crippen LogP contribution in [0.4, 0.5) is 5.69 Å². The van der Waals surface area contributed by atoms with Crippen molar-refractivity contribution in [3.8, 4) is 0 Å². The summed E-state index contributed by atoms with van der Waals surface area (Å²) in [5.41, 5.74) is 6.87. The van der Waals surface area contributed by atoms with Crippen LogP contribution in [0.15, 0.2) is 22.7 Å². The number of carbonyl (C=O) groups excluding carboxylic acids is 2. The van der Waals surface area contributed by atoms with Crippen molar-refractivity contribution in [2.45, 2.75) is 32.4 Å². The average molecular weight is 340 g/mol. The Morgan fingerprint density at radius 3 is 2.60 bits per heavy atom. The number of hydrogen-bond acceptors (Lipinski definition) is 4. The van der Waals surface area contributed by atoms with Crippen molar-refractivity contribution in [2.75, 3.05) is 11.4 Å². The molecular formula is C14H18BrN3O2. The van der Waals surface area contributed by atoms with E-state index in [1.165, 1.54) is 0 Å². The number of amides is 2. The summed E-state index contributed by atoms with van der Waals surface area (Å²) in [6.07, 6.45) is 0. The first-order chi connectivity index (χ1) is 9.23. The Bertz CT molecular complexity index is 570. The Balaban J connectivity index is 2.44. The van der Waals surface area contributed by atoms with E-state index in [-0.39, 0.29) is 24.4 Å². The van der Waals surface area contributed by atoms with Crippen LogP contribution in [-0.4, -0.2) is 23.9 Å². The van der Waals surface area contributed by atoms with Crippen LogP contribution in [0, 0.1) is 0 Å². The summed E-state index contributed by atoms with van der Waals surface area (Å²) >= 11 is 3.50. The standard InChI is InChI=1S/C14H18BrN3O2/c1-8(16)9-4-5-11(10(15)6-9)18-7-12(19)17-13(20)14(18,2)3/h4-6,8H,7,16H2,1-3H3,(H,17,19,20). The molecule has 3 N–H and O–H groups in total. The maximum absolute atomic E-state index is 12.0. The van der Waals surface area contributed by atoms with Crippen molar-refractivity contribution in [1.29, 1.82) is 0 Å². The lowest BCUT2D eigenvalue weighted by Crippen LogP contribution is -2.64. The first-order valence-corrected chi connectivity index (χ1v) is 7.19. The lowest BCUT2D eigenvalue weighted by atomic mass is 9.97. The highest BCUT2D eigenvalue weighted by Crippen LogP contribution is 2.34. The van der Waals surface area contributed by atoms with Gasteiger partial charge in [0.1, 0.15) is 5.54 Å². The molecular weight excluding hydrogens is 322 g/mol. The van der Waals surface area contributed by atoms with E-state index in [4.69, 9.17) is 5.73 Å². The number of piperazine rings is 1. The molecule has 0 radical (unpaired) electrons. The summed E-state index contributed by atoms with van der Waals surface area (Å²) in [5.74, 6) is -0.589. The first-order valence-electron chi connectivity index (χ1n) is 6.40. The van der Waals surface area contributed by atoms with Crippen LogP contribution >= 0.6 is 15.9 Å². The molecule has 0 bridgehead atoms. The van der Waals surface area contributed by atoms with Crippen molar-refractivity contribution in [3.05, 3.63) is 28.2 Å². The molecule has 108 valence electrons. The summed E-state index contributed by atoms with van der Waals surface area (Å²) in [6.45, 7) is 5.64. The Labute approximate surface area is 126 Å². The highest BCUT2D eigenvalue weighted by atomic mass is 79.9. The Kier molecular flexibility index (Phi) is 3.88. The molecule has 20 heavy (non-hydrogen) atoms. The van der Waals surface area contributed by atoms with Crippen LogP contribution in [0.5, 0.6) is 0 Å². The largest absolute Gasteiger partial charge is 0.347 e. The Morgan fingerprint density at radius 1 is 1.40 bits per heavy atom. The fourth-order valence-electron chi connectivity index (χ4n) is 2.19. The van der Waals surface area contributed by atoms with Crippen LogP contribution in [0.25, 0.3) is 0 Å². The van der Waals surface area contributed by atoms with Crippen molar-refractivity contribution >= 4 is 33.4 Å². The molecule has 1 heterocycles. The number of nitrogens with zero attached hydrogens (tertiary/aromatic N) is 1. The zero-order valence-corrected chi connectivity index (χ0v) is 13.3. The predicted molar refractivity (Wildman–Crippen MR) is 81.3 cm³/mol. The number of benzene rings is 1. The van der Waals surface area contributed by atoms with Crippen molar-refractivity contribution < 1.29 is 9.59 Å². The molecule has 0 spiro atoms. The Morgan fingerprint density at radius 2 is 2.05 bits per heavy atom. The van der Waals surface area contributed by atoms with Crippen LogP contribution in [-0.2, 0) is 9.59 Å². The van der Waals surface area contributed by atoms with Gasteiger partial charge in [0.15, 0.2) is 0 Å². The van der Waals surface area contributed by atoms with Gasteiger partial charge in [-0.05, 0) is 54.4 Å². The number of carbonyl (C=O) groups is 2. The molecule has 0 aliphatic carbocycles. The molecule has 6 heteroatoms. The molecule has 2 amide bonds. The minimum Gasteiger partial charge on any atom is -0.347 e. The smallest absolute Gasteiger partial charge is 0.251 e. The lowest BCUT2D eigenvalue weighted by molar-refractivity contribution is -0.135. The van der Waals surface area contributed by atoms with Gasteiger partial charge in [0.05, 0.1) is 12.2 Å². The number of halogens is 1. The maximum atomic E-state index is 12.0. The van der Waals surface area contributed by atoms with E-state index < -0.39 is 5.54 Å². The van der Waals surface area contributed by atoms with Gasteiger partial charge in [0.2, 0.25) is 5.91 Å². The number of nitrogens with two attached hydrogens (primary N) is 1. The molecule has 1 aliphatic heterocycles. The van der Waals surface area contributed by atoms with Crippen molar-refractivity contribution in [2.24, 2.45) is 5.73 Å². The van der Waals surface area contributed by atoms with Crippen molar-refractivity contribution in [1.82, 2.24) is 5.32 Å². The van der Waals surface area contributed by atoms with Gasteiger partial charge in [0.25, 0.3) is 5.91 Å². The van der Waals surface area contributed by atoms with E-state index in [9.17, 15) is 9.59 Å². The van der Waals surface area contributed by atoms with E-state index in [0.29, 0.717) is 0 Å². The average Bonchev–Trinajstić information content (AvgIpc) is 2.34. The number of hydrogen-bond donors (Lipinski definition) is 2. The van der Waals surface area contributed by atoms with Gasteiger partial charge >= 0.3 is 0 Å². The van der Waals surface area contributed by atoms with Gasteiger partial charge in [0, 0.05) is 10.5 Å². The van der Waals surface area contributed by atoms with E-state index in [1.54, 1.807) is 18.7 Å². The van der Waals surface area contributed by atoms with E-state index in [1.807, 2.05) is 25.1 Å². The SMILES string of the molecule is CC(N)c1ccc(N2CC(=O)NC(=O)C2(C)C)c(Br)c1. The summed E-state index contributed by atoms with van der Waals surface area (Å²) < 4.78 is 0.822. The third-order valence-corrected chi connectivity index (χ3v) is 4.21. The number of nitrogens with one attached hydrogen (secondary N) is 1. The summed E-state index contributed by atoms with van der Waals surface area (Å²) in [6, 6.07) is 5.65. The fourth-order valence-corrected chi connectivity index (χ4v) is 2.81. The summed E-state index contributed by atoms with van der Waals surface area (Å²) in [7, 11) is 0. The lowest BCUT2D eigenvalue weighted by Gasteiger charge is -2.42. The van der Waals surface area contributed by atoms with Gasteiger partial charge in [-0.2, -0.15) is 0 Å². The topological polar surface area (TPSA) is 75.4 Å². The van der Waals surface area contributed by atoms with E-state index >= 15 is 0 Å². The zero-order valence-electron chi connectivity index (χ0n) is 11.7. The van der Waals surface area contributed by atoms with Gasteiger partial charge in [-0.3, -0.25) is 14.9 Å². The molecule has 0 aromatic heterocycles. The molecule has 1 aliphatic rings. The third kappa shape index (κ3) is 2.58. The predicted octanol–water partition coefficient (Wildman–Crippen LogP) is 1.71. The molecule has 0 saturated carbocycles. The quantitative estimate of drug-likeness (QED) is 0.804. The van der Waals surface area contributed by atoms with Gasteiger partial charge in [-0.25, -0.2) is 0 Å². The third-order valence-electron chi connectivity index (χ3n) is 3.57. The van der Waals surface area contributed by atoms with Gasteiger partial charge in [-0.1, -0.05) is 6.07 Å². The number of anilines is 1. The number of imide groups is 1.